The van der Waals surface area contributed by atoms with E-state index in [4.69, 9.17) is 0 Å². The molecule has 0 saturated heterocycles. The van der Waals surface area contributed by atoms with Gasteiger partial charge in [0.15, 0.2) is 11.6 Å². The van der Waals surface area contributed by atoms with E-state index in [2.05, 4.69) is 41.5 Å². The predicted molar refractivity (Wildman–Crippen MR) is 84.3 cm³/mol. The molecule has 1 aromatic carbocycles. The van der Waals surface area contributed by atoms with E-state index in [9.17, 15) is 4.39 Å². The molecule has 0 fully saturated rings. The minimum Gasteiger partial charge on any atom is -0.357 e. The Bertz CT molecular complexity index is 808. The molecule has 0 amide bonds. The number of fused-ring (bicyclic) bond motifs is 1. The Balaban J connectivity index is 2.06. The van der Waals surface area contributed by atoms with Gasteiger partial charge in [-0.2, -0.15) is 4.98 Å². The minimum absolute atomic E-state index is 0.103. The van der Waals surface area contributed by atoms with Gasteiger partial charge in [-0.05, 0) is 28.1 Å². The van der Waals surface area contributed by atoms with Crippen LogP contribution in [0.4, 0.5) is 21.8 Å². The highest BCUT2D eigenvalue weighted by molar-refractivity contribution is 9.10. The van der Waals surface area contributed by atoms with E-state index in [1.807, 2.05) is 24.3 Å². The van der Waals surface area contributed by atoms with Crippen molar-refractivity contribution in [1.29, 1.82) is 0 Å². The summed E-state index contributed by atoms with van der Waals surface area (Å²) < 4.78 is 14.7. The molecule has 3 aromatic rings. The summed E-state index contributed by atoms with van der Waals surface area (Å²) in [6, 6.07) is 7.58. The zero-order valence-electron chi connectivity index (χ0n) is 11.1. The SMILES string of the molecule is CNc1ncc(F)c(Nc2cccc3cc(Br)cnc23)n1. The Morgan fingerprint density at radius 2 is 2.05 bits per heavy atom. The summed E-state index contributed by atoms with van der Waals surface area (Å²) in [4.78, 5) is 12.2. The van der Waals surface area contributed by atoms with Crippen LogP contribution in [0.25, 0.3) is 10.9 Å². The zero-order chi connectivity index (χ0) is 14.8. The van der Waals surface area contributed by atoms with E-state index >= 15 is 0 Å². The summed E-state index contributed by atoms with van der Waals surface area (Å²) in [5.41, 5.74) is 1.42. The summed E-state index contributed by atoms with van der Waals surface area (Å²) in [5, 5.41) is 6.68. The van der Waals surface area contributed by atoms with Crippen LogP contribution in [0.3, 0.4) is 0 Å². The van der Waals surface area contributed by atoms with Crippen molar-refractivity contribution in [3.63, 3.8) is 0 Å². The van der Waals surface area contributed by atoms with Gasteiger partial charge in [-0.25, -0.2) is 9.37 Å². The van der Waals surface area contributed by atoms with Gasteiger partial charge in [-0.3, -0.25) is 4.98 Å². The topological polar surface area (TPSA) is 62.7 Å². The monoisotopic (exact) mass is 347 g/mol. The number of aromatic nitrogens is 3. The number of hydrogen-bond donors (Lipinski definition) is 2. The average Bonchev–Trinajstić information content (AvgIpc) is 2.49. The molecule has 2 heterocycles. The molecule has 2 N–H and O–H groups in total. The normalized spacial score (nSPS) is 10.6. The van der Waals surface area contributed by atoms with Crippen molar-refractivity contribution in [1.82, 2.24) is 15.0 Å². The van der Waals surface area contributed by atoms with Gasteiger partial charge in [0.05, 0.1) is 17.4 Å². The highest BCUT2D eigenvalue weighted by Crippen LogP contribution is 2.27. The largest absolute Gasteiger partial charge is 0.357 e. The maximum absolute atomic E-state index is 13.8. The third-order valence-electron chi connectivity index (χ3n) is 2.90. The van der Waals surface area contributed by atoms with E-state index in [0.717, 1.165) is 21.6 Å². The predicted octanol–water partition coefficient (Wildman–Crippen LogP) is 3.71. The van der Waals surface area contributed by atoms with Crippen molar-refractivity contribution >= 4 is 44.3 Å². The average molecular weight is 348 g/mol. The first-order chi connectivity index (χ1) is 10.2. The van der Waals surface area contributed by atoms with Crippen LogP contribution in [0.2, 0.25) is 0 Å². The molecule has 106 valence electrons. The number of benzene rings is 1. The molecule has 0 atom stereocenters. The molecule has 7 heteroatoms. The van der Waals surface area contributed by atoms with Crippen molar-refractivity contribution < 1.29 is 4.39 Å². The Morgan fingerprint density at radius 3 is 2.86 bits per heavy atom. The summed E-state index contributed by atoms with van der Waals surface area (Å²) in [6.45, 7) is 0. The Hall–Kier alpha value is -2.28. The maximum Gasteiger partial charge on any atom is 0.224 e. The van der Waals surface area contributed by atoms with Crippen LogP contribution in [0, 0.1) is 5.82 Å². The molecule has 2 aromatic heterocycles. The van der Waals surface area contributed by atoms with E-state index < -0.39 is 5.82 Å². The number of pyridine rings is 1. The number of anilines is 3. The fourth-order valence-electron chi connectivity index (χ4n) is 1.94. The van der Waals surface area contributed by atoms with E-state index in [1.54, 1.807) is 13.2 Å². The zero-order valence-corrected chi connectivity index (χ0v) is 12.6. The van der Waals surface area contributed by atoms with Gasteiger partial charge in [0, 0.05) is 23.1 Å². The lowest BCUT2D eigenvalue weighted by Gasteiger charge is -2.10. The quantitative estimate of drug-likeness (QED) is 0.756. The Morgan fingerprint density at radius 1 is 1.19 bits per heavy atom. The van der Waals surface area contributed by atoms with Crippen LogP contribution in [0.15, 0.2) is 41.1 Å². The second-order valence-electron chi connectivity index (χ2n) is 4.30. The number of hydrogen-bond acceptors (Lipinski definition) is 5. The molecule has 0 saturated carbocycles. The first-order valence-corrected chi connectivity index (χ1v) is 6.98. The highest BCUT2D eigenvalue weighted by atomic mass is 79.9. The molecular formula is C14H11BrFN5. The number of rotatable bonds is 3. The van der Waals surface area contributed by atoms with Gasteiger partial charge in [0.2, 0.25) is 5.95 Å². The van der Waals surface area contributed by atoms with Gasteiger partial charge >= 0.3 is 0 Å². The van der Waals surface area contributed by atoms with E-state index in [-0.39, 0.29) is 5.82 Å². The summed E-state index contributed by atoms with van der Waals surface area (Å²) in [7, 11) is 1.67. The van der Waals surface area contributed by atoms with Crippen molar-refractivity contribution in [3.05, 3.63) is 46.9 Å². The fourth-order valence-corrected chi connectivity index (χ4v) is 2.29. The molecule has 5 nitrogen and oxygen atoms in total. The fraction of sp³-hybridized carbons (Fsp3) is 0.0714. The standard InChI is InChI=1S/C14H11BrFN5/c1-17-14-19-7-10(16)13(21-14)20-11-4-2-3-8-5-9(15)6-18-12(8)11/h2-7H,1H3,(H2,17,19,20,21). The second-order valence-corrected chi connectivity index (χ2v) is 5.21. The van der Waals surface area contributed by atoms with Crippen molar-refractivity contribution in [3.8, 4) is 0 Å². The van der Waals surface area contributed by atoms with Crippen LogP contribution < -0.4 is 10.6 Å². The van der Waals surface area contributed by atoms with Crippen LogP contribution in [-0.4, -0.2) is 22.0 Å². The summed E-state index contributed by atoms with van der Waals surface area (Å²) in [5.74, 6) is -0.0791. The number of halogens is 2. The van der Waals surface area contributed by atoms with Crippen LogP contribution in [-0.2, 0) is 0 Å². The molecule has 0 unspecified atom stereocenters. The lowest BCUT2D eigenvalue weighted by atomic mass is 10.2. The summed E-state index contributed by atoms with van der Waals surface area (Å²) >= 11 is 3.38. The minimum atomic E-state index is -0.525. The number of nitrogens with one attached hydrogen (secondary N) is 2. The van der Waals surface area contributed by atoms with E-state index in [1.165, 1.54) is 0 Å². The van der Waals surface area contributed by atoms with Crippen LogP contribution >= 0.6 is 15.9 Å². The Kier molecular flexibility index (Phi) is 3.66. The Labute approximate surface area is 128 Å². The first kappa shape index (κ1) is 13.7. The van der Waals surface area contributed by atoms with Crippen LogP contribution in [0.1, 0.15) is 0 Å². The maximum atomic E-state index is 13.8. The molecule has 21 heavy (non-hydrogen) atoms. The summed E-state index contributed by atoms with van der Waals surface area (Å²) in [6.07, 6.45) is 2.82. The number of para-hydroxylation sites is 1. The molecule has 3 rings (SSSR count). The molecule has 0 aliphatic carbocycles. The van der Waals surface area contributed by atoms with Crippen molar-refractivity contribution in [2.75, 3.05) is 17.7 Å². The lowest BCUT2D eigenvalue weighted by molar-refractivity contribution is 0.619. The molecular weight excluding hydrogens is 337 g/mol. The molecule has 0 aliphatic heterocycles. The second kappa shape index (κ2) is 5.61. The molecule has 0 aliphatic rings. The highest BCUT2D eigenvalue weighted by Gasteiger charge is 2.09. The molecule has 0 spiro atoms. The van der Waals surface area contributed by atoms with Gasteiger partial charge in [-0.1, -0.05) is 12.1 Å². The van der Waals surface area contributed by atoms with Gasteiger partial charge in [-0.15, -0.1) is 0 Å². The van der Waals surface area contributed by atoms with Gasteiger partial charge in [0.1, 0.15) is 0 Å². The third kappa shape index (κ3) is 2.78. The smallest absolute Gasteiger partial charge is 0.224 e. The first-order valence-electron chi connectivity index (χ1n) is 6.19. The number of nitrogens with zero attached hydrogens (tertiary/aromatic N) is 3. The van der Waals surface area contributed by atoms with Gasteiger partial charge < -0.3 is 10.6 Å². The third-order valence-corrected chi connectivity index (χ3v) is 3.33. The van der Waals surface area contributed by atoms with Crippen LogP contribution in [0.5, 0.6) is 0 Å². The van der Waals surface area contributed by atoms with E-state index in [0.29, 0.717) is 11.6 Å². The molecule has 0 bridgehead atoms. The van der Waals surface area contributed by atoms with Gasteiger partial charge in [0.25, 0.3) is 0 Å². The lowest BCUT2D eigenvalue weighted by Crippen LogP contribution is -2.03. The van der Waals surface area contributed by atoms with Crippen molar-refractivity contribution in [2.45, 2.75) is 0 Å². The van der Waals surface area contributed by atoms with Crippen molar-refractivity contribution in [2.24, 2.45) is 0 Å². The molecule has 0 radical (unpaired) electrons.